The van der Waals surface area contributed by atoms with Crippen molar-refractivity contribution in [1.29, 1.82) is 0 Å². The summed E-state index contributed by atoms with van der Waals surface area (Å²) < 4.78 is 32.3. The second kappa shape index (κ2) is 7.64. The van der Waals surface area contributed by atoms with E-state index in [9.17, 15) is 8.42 Å². The first-order valence-corrected chi connectivity index (χ1v) is 11.8. The maximum atomic E-state index is 13.4. The Balaban J connectivity index is 1.55. The number of H-pyrrole nitrogens is 2. The zero-order valence-electron chi connectivity index (χ0n) is 16.0. The Morgan fingerprint density at radius 1 is 1.20 bits per heavy atom. The van der Waals surface area contributed by atoms with Crippen molar-refractivity contribution in [1.82, 2.24) is 25.1 Å². The van der Waals surface area contributed by atoms with E-state index in [1.807, 2.05) is 6.07 Å². The molecule has 0 aliphatic carbocycles. The smallest absolute Gasteiger partial charge is 0.198 e. The van der Waals surface area contributed by atoms with Gasteiger partial charge in [-0.1, -0.05) is 11.6 Å². The molecule has 0 bridgehead atoms. The standard InChI is InChI=1S/C20H20ClN5O3S/c21-13-1-2-16-17(9-13)24-19(23-16)15(12-4-7-29-8-5-12)11-30(27,28)20-14-3-6-22-10-18(14)25-26-20/h1-3,6,9-10,12,15H,4-5,7-8,11H2,(H,23,24)(H,25,26). The van der Waals surface area contributed by atoms with Crippen molar-refractivity contribution < 1.29 is 13.2 Å². The number of ether oxygens (including phenoxy) is 1. The highest BCUT2D eigenvalue weighted by Crippen LogP contribution is 2.35. The van der Waals surface area contributed by atoms with Crippen molar-refractivity contribution in [3.05, 3.63) is 47.5 Å². The van der Waals surface area contributed by atoms with Gasteiger partial charge in [0.1, 0.15) is 5.82 Å². The number of aromatic nitrogens is 5. The second-order valence-electron chi connectivity index (χ2n) is 7.57. The molecule has 0 saturated carbocycles. The van der Waals surface area contributed by atoms with Crippen LogP contribution in [0.2, 0.25) is 5.02 Å². The third-order valence-corrected chi connectivity index (χ3v) is 7.61. The summed E-state index contributed by atoms with van der Waals surface area (Å²) in [5.74, 6) is 0.396. The van der Waals surface area contributed by atoms with Crippen LogP contribution >= 0.6 is 11.6 Å². The van der Waals surface area contributed by atoms with Crippen LogP contribution in [-0.2, 0) is 14.6 Å². The monoisotopic (exact) mass is 445 g/mol. The Morgan fingerprint density at radius 2 is 2.03 bits per heavy atom. The molecule has 10 heteroatoms. The van der Waals surface area contributed by atoms with Gasteiger partial charge in [-0.3, -0.25) is 10.1 Å². The number of aromatic amines is 2. The first-order chi connectivity index (χ1) is 14.5. The van der Waals surface area contributed by atoms with E-state index in [-0.39, 0.29) is 22.6 Å². The molecule has 1 aliphatic heterocycles. The van der Waals surface area contributed by atoms with Crippen molar-refractivity contribution in [3.8, 4) is 0 Å². The van der Waals surface area contributed by atoms with E-state index in [2.05, 4.69) is 20.2 Å². The molecular formula is C20H20ClN5O3S. The Kier molecular flexibility index (Phi) is 4.96. The van der Waals surface area contributed by atoms with Gasteiger partial charge in [-0.2, -0.15) is 5.10 Å². The summed E-state index contributed by atoms with van der Waals surface area (Å²) in [6, 6.07) is 7.09. The Hall–Kier alpha value is -2.49. The zero-order chi connectivity index (χ0) is 20.7. The van der Waals surface area contributed by atoms with Crippen molar-refractivity contribution >= 4 is 43.4 Å². The van der Waals surface area contributed by atoms with Crippen molar-refractivity contribution in [3.63, 3.8) is 0 Å². The highest BCUT2D eigenvalue weighted by molar-refractivity contribution is 7.91. The normalized spacial score (nSPS) is 17.0. The predicted octanol–water partition coefficient (Wildman–Crippen LogP) is 3.47. The molecule has 1 aromatic carbocycles. The number of pyridine rings is 1. The minimum Gasteiger partial charge on any atom is -0.381 e. The van der Waals surface area contributed by atoms with E-state index >= 15 is 0 Å². The molecule has 1 aliphatic rings. The van der Waals surface area contributed by atoms with Gasteiger partial charge >= 0.3 is 0 Å². The van der Waals surface area contributed by atoms with Gasteiger partial charge in [0.2, 0.25) is 0 Å². The highest BCUT2D eigenvalue weighted by atomic mass is 35.5. The van der Waals surface area contributed by atoms with Crippen LogP contribution in [0.5, 0.6) is 0 Å². The molecule has 2 N–H and O–H groups in total. The average molecular weight is 446 g/mol. The third-order valence-electron chi connectivity index (χ3n) is 5.67. The number of hydrogen-bond acceptors (Lipinski definition) is 6. The fourth-order valence-corrected chi connectivity index (χ4v) is 6.05. The van der Waals surface area contributed by atoms with Gasteiger partial charge in [0.15, 0.2) is 14.9 Å². The molecular weight excluding hydrogens is 426 g/mol. The van der Waals surface area contributed by atoms with Gasteiger partial charge in [-0.05, 0) is 43.0 Å². The molecule has 0 amide bonds. The van der Waals surface area contributed by atoms with Crippen molar-refractivity contribution in [2.24, 2.45) is 5.92 Å². The summed E-state index contributed by atoms with van der Waals surface area (Å²) in [5, 5.41) is 8.04. The van der Waals surface area contributed by atoms with Gasteiger partial charge in [-0.25, -0.2) is 13.4 Å². The second-order valence-corrected chi connectivity index (χ2v) is 9.96. The first kappa shape index (κ1) is 19.5. The molecule has 4 aromatic rings. The molecule has 3 aromatic heterocycles. The van der Waals surface area contributed by atoms with Crippen molar-refractivity contribution in [2.75, 3.05) is 19.0 Å². The van der Waals surface area contributed by atoms with Crippen LogP contribution in [0.4, 0.5) is 0 Å². The summed E-state index contributed by atoms with van der Waals surface area (Å²) in [7, 11) is -3.68. The number of benzene rings is 1. The number of hydrogen-bond donors (Lipinski definition) is 2. The van der Waals surface area contributed by atoms with E-state index in [0.29, 0.717) is 35.0 Å². The van der Waals surface area contributed by atoms with Crippen LogP contribution in [0.15, 0.2) is 41.7 Å². The Bertz CT molecular complexity index is 1310. The van der Waals surface area contributed by atoms with Crippen LogP contribution in [0.3, 0.4) is 0 Å². The molecule has 0 radical (unpaired) electrons. The fourth-order valence-electron chi connectivity index (χ4n) is 4.12. The number of imidazole rings is 1. The molecule has 8 nitrogen and oxygen atoms in total. The number of nitrogens with one attached hydrogen (secondary N) is 2. The van der Waals surface area contributed by atoms with Crippen molar-refractivity contribution in [2.45, 2.75) is 23.8 Å². The number of halogens is 1. The lowest BCUT2D eigenvalue weighted by Gasteiger charge is -2.28. The molecule has 1 unspecified atom stereocenters. The summed E-state index contributed by atoms with van der Waals surface area (Å²) in [5.41, 5.74) is 2.15. The molecule has 1 atom stereocenters. The van der Waals surface area contributed by atoms with Gasteiger partial charge in [0.05, 0.1) is 28.5 Å². The minimum absolute atomic E-state index is 0.0520. The topological polar surface area (TPSA) is 114 Å². The van der Waals surface area contributed by atoms with Crippen LogP contribution in [0.1, 0.15) is 24.6 Å². The van der Waals surface area contributed by atoms with E-state index in [0.717, 1.165) is 23.9 Å². The van der Waals surface area contributed by atoms with E-state index in [4.69, 9.17) is 21.3 Å². The van der Waals surface area contributed by atoms with E-state index < -0.39 is 9.84 Å². The van der Waals surface area contributed by atoms with Crippen LogP contribution in [0, 0.1) is 5.92 Å². The molecule has 30 heavy (non-hydrogen) atoms. The number of rotatable bonds is 5. The molecule has 4 heterocycles. The molecule has 1 saturated heterocycles. The summed E-state index contributed by atoms with van der Waals surface area (Å²) in [6.07, 6.45) is 4.70. The van der Waals surface area contributed by atoms with Gasteiger partial charge in [-0.15, -0.1) is 0 Å². The molecule has 156 valence electrons. The van der Waals surface area contributed by atoms with E-state index in [1.165, 1.54) is 0 Å². The average Bonchev–Trinajstić information content (AvgIpc) is 3.37. The first-order valence-electron chi connectivity index (χ1n) is 9.75. The number of sulfone groups is 1. The fraction of sp³-hybridized carbons (Fsp3) is 0.350. The van der Waals surface area contributed by atoms with Crippen LogP contribution in [0.25, 0.3) is 21.9 Å². The summed E-state index contributed by atoms with van der Waals surface area (Å²) in [6.45, 7) is 1.23. The molecule has 5 rings (SSSR count). The maximum absolute atomic E-state index is 13.4. The molecule has 1 fully saturated rings. The lowest BCUT2D eigenvalue weighted by molar-refractivity contribution is 0.0592. The number of nitrogens with zero attached hydrogens (tertiary/aromatic N) is 3. The summed E-state index contributed by atoms with van der Waals surface area (Å²) >= 11 is 6.10. The minimum atomic E-state index is -3.68. The van der Waals surface area contributed by atoms with Gasteiger partial charge < -0.3 is 9.72 Å². The van der Waals surface area contributed by atoms with Crippen LogP contribution < -0.4 is 0 Å². The Labute approximate surface area is 177 Å². The lowest BCUT2D eigenvalue weighted by atomic mass is 9.87. The van der Waals surface area contributed by atoms with Gasteiger partial charge in [0, 0.05) is 35.7 Å². The summed E-state index contributed by atoms with van der Waals surface area (Å²) in [4.78, 5) is 12.0. The maximum Gasteiger partial charge on any atom is 0.198 e. The van der Waals surface area contributed by atoms with Gasteiger partial charge in [0.25, 0.3) is 0 Å². The quantitative estimate of drug-likeness (QED) is 0.486. The zero-order valence-corrected chi connectivity index (χ0v) is 17.6. The lowest BCUT2D eigenvalue weighted by Crippen LogP contribution is -2.28. The highest BCUT2D eigenvalue weighted by Gasteiger charge is 2.34. The Morgan fingerprint density at radius 3 is 2.87 bits per heavy atom. The molecule has 0 spiro atoms. The predicted molar refractivity (Wildman–Crippen MR) is 113 cm³/mol. The third kappa shape index (κ3) is 3.57. The van der Waals surface area contributed by atoms with E-state index in [1.54, 1.807) is 30.6 Å². The SMILES string of the molecule is O=S(=O)(CC(c1nc2cc(Cl)ccc2[nH]1)C1CCOCC1)c1n[nH]c2cnccc12. The number of fused-ring (bicyclic) bond motifs is 2. The van der Waals surface area contributed by atoms with Crippen LogP contribution in [-0.4, -0.2) is 52.5 Å². The largest absolute Gasteiger partial charge is 0.381 e.